The molecule has 1 rings (SSSR count). The molecule has 10 nitrogen and oxygen atoms in total. The minimum Gasteiger partial charge on any atom is -0.463 e. The highest BCUT2D eigenvalue weighted by Gasteiger charge is 2.39. The molecule has 1 aliphatic carbocycles. The molecule has 1 amide bonds. The predicted octanol–water partition coefficient (Wildman–Crippen LogP) is 0.941. The fourth-order valence-electron chi connectivity index (χ4n) is 2.83. The van der Waals surface area contributed by atoms with Gasteiger partial charge in [0.1, 0.15) is 0 Å². The average molecular weight is 408 g/mol. The van der Waals surface area contributed by atoms with Crippen molar-refractivity contribution in [2.75, 3.05) is 6.61 Å². The van der Waals surface area contributed by atoms with Gasteiger partial charge >= 0.3 is 13.8 Å². The summed E-state index contributed by atoms with van der Waals surface area (Å²) in [7, 11) is -4.81. The third-order valence-electron chi connectivity index (χ3n) is 4.08. The molecule has 0 saturated carbocycles. The molecule has 0 bridgehead atoms. The highest BCUT2D eigenvalue weighted by Crippen LogP contribution is 2.35. The maximum atomic E-state index is 12.2. The van der Waals surface area contributed by atoms with E-state index in [-0.39, 0.29) is 30.6 Å². The monoisotopic (exact) mass is 408 g/mol. The Morgan fingerprint density at radius 3 is 2.41 bits per heavy atom. The van der Waals surface area contributed by atoms with Crippen molar-refractivity contribution < 1.29 is 38.0 Å². The molecule has 1 unspecified atom stereocenters. The molecule has 4 N–H and O–H groups in total. The zero-order valence-corrected chi connectivity index (χ0v) is 16.9. The van der Waals surface area contributed by atoms with Gasteiger partial charge in [-0.15, -0.1) is 0 Å². The molecule has 11 heteroatoms. The van der Waals surface area contributed by atoms with Crippen LogP contribution in [0.3, 0.4) is 0 Å². The highest BCUT2D eigenvalue weighted by atomic mass is 31.2. The number of amides is 1. The molecule has 0 aliphatic heterocycles. The third kappa shape index (κ3) is 8.08. The molecule has 0 fully saturated rings. The number of hydroxylamine groups is 1. The lowest BCUT2D eigenvalue weighted by atomic mass is 9.88. The van der Waals surface area contributed by atoms with Crippen LogP contribution in [0, 0.1) is 0 Å². The minimum atomic E-state index is -4.81. The van der Waals surface area contributed by atoms with Crippen LogP contribution in [0.25, 0.3) is 0 Å². The van der Waals surface area contributed by atoms with E-state index < -0.39 is 32.0 Å². The number of carbonyl (C=O) groups is 2. The maximum absolute atomic E-state index is 12.2. The predicted molar refractivity (Wildman–Crippen MR) is 96.2 cm³/mol. The van der Waals surface area contributed by atoms with Gasteiger partial charge in [0.25, 0.3) is 0 Å². The average Bonchev–Trinajstić information content (AvgIpc) is 2.58. The Labute approximate surface area is 158 Å². The van der Waals surface area contributed by atoms with Crippen molar-refractivity contribution in [1.29, 1.82) is 0 Å². The molecular formula is C16H29N2O8P. The third-order valence-corrected chi connectivity index (χ3v) is 4.43. The second kappa shape index (κ2) is 10.9. The van der Waals surface area contributed by atoms with E-state index in [0.717, 1.165) is 12.8 Å². The SMILES string of the molecule is CCOC(=O)C1=C[C@@H](OC(CC)CC)[C@H](NC(C)=O)C(NOP(=O)(O)O)C1. The van der Waals surface area contributed by atoms with E-state index in [0.29, 0.717) is 0 Å². The summed E-state index contributed by atoms with van der Waals surface area (Å²) in [5.41, 5.74) is 2.56. The van der Waals surface area contributed by atoms with Gasteiger partial charge < -0.3 is 24.6 Å². The summed E-state index contributed by atoms with van der Waals surface area (Å²) < 4.78 is 26.5. The fourth-order valence-corrected chi connectivity index (χ4v) is 3.11. The number of carbonyl (C=O) groups excluding carboxylic acids is 2. The van der Waals surface area contributed by atoms with Crippen molar-refractivity contribution in [3.05, 3.63) is 11.6 Å². The van der Waals surface area contributed by atoms with Gasteiger partial charge in [-0.2, -0.15) is 10.1 Å². The Balaban J connectivity index is 3.17. The van der Waals surface area contributed by atoms with Crippen LogP contribution in [0.15, 0.2) is 11.6 Å². The van der Waals surface area contributed by atoms with Crippen molar-refractivity contribution in [2.45, 2.75) is 71.2 Å². The first-order chi connectivity index (χ1) is 12.6. The number of hydrogen-bond donors (Lipinski definition) is 4. The summed E-state index contributed by atoms with van der Waals surface area (Å²) in [5.74, 6) is -0.908. The molecule has 0 aromatic rings. The normalized spacial score (nSPS) is 23.1. The molecule has 0 aromatic carbocycles. The number of ether oxygens (including phenoxy) is 2. The van der Waals surface area contributed by atoms with Crippen LogP contribution in [0.2, 0.25) is 0 Å². The van der Waals surface area contributed by atoms with Crippen molar-refractivity contribution in [1.82, 2.24) is 10.8 Å². The van der Waals surface area contributed by atoms with E-state index in [1.54, 1.807) is 13.0 Å². The number of rotatable bonds is 10. The van der Waals surface area contributed by atoms with Gasteiger partial charge in [-0.05, 0) is 32.3 Å². The van der Waals surface area contributed by atoms with Crippen LogP contribution in [0.1, 0.15) is 47.0 Å². The molecule has 0 aromatic heterocycles. The zero-order valence-electron chi connectivity index (χ0n) is 16.0. The molecule has 3 atom stereocenters. The summed E-state index contributed by atoms with van der Waals surface area (Å²) in [6, 6.07) is -1.52. The lowest BCUT2D eigenvalue weighted by molar-refractivity contribution is -0.139. The van der Waals surface area contributed by atoms with Crippen LogP contribution >= 0.6 is 7.82 Å². The second-order valence-corrected chi connectivity index (χ2v) is 7.35. The summed E-state index contributed by atoms with van der Waals surface area (Å²) in [4.78, 5) is 41.8. The molecule has 156 valence electrons. The second-order valence-electron chi connectivity index (χ2n) is 6.19. The van der Waals surface area contributed by atoms with Crippen LogP contribution in [-0.4, -0.2) is 52.6 Å². The van der Waals surface area contributed by atoms with E-state index >= 15 is 0 Å². The standard InChI is InChI=1S/C16H29N2O8P/c1-5-12(6-2)25-14-9-11(16(20)24-7-3)8-13(15(14)17-10(4)19)18-26-27(21,22)23/h9,12-15,18H,5-8H2,1-4H3,(H,17,19)(H2,21,22,23)/t13?,14-,15-/m1/s1. The summed E-state index contributed by atoms with van der Waals surface area (Å²) in [5, 5.41) is 2.71. The van der Waals surface area contributed by atoms with E-state index in [2.05, 4.69) is 15.4 Å². The number of phosphoric acid groups is 1. The van der Waals surface area contributed by atoms with E-state index in [1.165, 1.54) is 6.92 Å². The Morgan fingerprint density at radius 2 is 1.93 bits per heavy atom. The number of hydrogen-bond acceptors (Lipinski definition) is 7. The largest absolute Gasteiger partial charge is 0.486 e. The van der Waals surface area contributed by atoms with E-state index in [4.69, 9.17) is 19.3 Å². The first kappa shape index (κ1) is 23.7. The van der Waals surface area contributed by atoms with Crippen molar-refractivity contribution >= 4 is 19.7 Å². The zero-order chi connectivity index (χ0) is 20.6. The van der Waals surface area contributed by atoms with Crippen LogP contribution in [0.5, 0.6) is 0 Å². The number of esters is 1. The van der Waals surface area contributed by atoms with E-state index in [9.17, 15) is 14.2 Å². The van der Waals surface area contributed by atoms with Crippen molar-refractivity contribution in [3.8, 4) is 0 Å². The summed E-state index contributed by atoms with van der Waals surface area (Å²) in [6.07, 6.45) is 2.25. The summed E-state index contributed by atoms with van der Waals surface area (Å²) in [6.45, 7) is 7.08. The Kier molecular flexibility index (Phi) is 9.58. The molecule has 0 spiro atoms. The van der Waals surface area contributed by atoms with Gasteiger partial charge in [0, 0.05) is 12.5 Å². The highest BCUT2D eigenvalue weighted by molar-refractivity contribution is 7.46. The molecule has 0 heterocycles. The Hall–Kier alpha value is -1.29. The molecule has 0 saturated heterocycles. The van der Waals surface area contributed by atoms with Crippen LogP contribution < -0.4 is 10.8 Å². The first-order valence-corrected chi connectivity index (χ1v) is 10.4. The van der Waals surface area contributed by atoms with Gasteiger partial charge in [0.05, 0.1) is 30.9 Å². The van der Waals surface area contributed by atoms with Crippen LogP contribution in [-0.2, 0) is 28.3 Å². The smallest absolute Gasteiger partial charge is 0.463 e. The van der Waals surface area contributed by atoms with Gasteiger partial charge in [0.2, 0.25) is 5.91 Å². The topological polar surface area (TPSA) is 143 Å². The minimum absolute atomic E-state index is 0.0343. The van der Waals surface area contributed by atoms with E-state index in [1.807, 2.05) is 13.8 Å². The van der Waals surface area contributed by atoms with Crippen LogP contribution in [0.4, 0.5) is 0 Å². The molecule has 27 heavy (non-hydrogen) atoms. The summed E-state index contributed by atoms with van der Waals surface area (Å²) >= 11 is 0. The lowest BCUT2D eigenvalue weighted by Crippen LogP contribution is -2.58. The quantitative estimate of drug-likeness (QED) is 0.236. The van der Waals surface area contributed by atoms with Gasteiger partial charge in [0.15, 0.2) is 0 Å². The maximum Gasteiger partial charge on any atom is 0.486 e. The Morgan fingerprint density at radius 1 is 1.30 bits per heavy atom. The number of nitrogens with one attached hydrogen (secondary N) is 2. The van der Waals surface area contributed by atoms with Crippen molar-refractivity contribution in [3.63, 3.8) is 0 Å². The molecule has 1 aliphatic rings. The van der Waals surface area contributed by atoms with Gasteiger partial charge in [-0.1, -0.05) is 13.8 Å². The molecular weight excluding hydrogens is 379 g/mol. The molecule has 0 radical (unpaired) electrons. The lowest BCUT2D eigenvalue weighted by Gasteiger charge is -2.38. The van der Waals surface area contributed by atoms with Gasteiger partial charge in [-0.25, -0.2) is 9.36 Å². The van der Waals surface area contributed by atoms with Gasteiger partial charge in [-0.3, -0.25) is 4.79 Å². The fraction of sp³-hybridized carbons (Fsp3) is 0.750. The Bertz CT molecular complexity index is 587. The van der Waals surface area contributed by atoms with Crippen molar-refractivity contribution in [2.24, 2.45) is 0 Å². The first-order valence-electron chi connectivity index (χ1n) is 8.91.